The molecule has 310 valence electrons. The van der Waals surface area contributed by atoms with Crippen molar-refractivity contribution in [3.05, 3.63) is 40.3 Å². The van der Waals surface area contributed by atoms with Crippen molar-refractivity contribution in [2.24, 2.45) is 16.8 Å². The standard InChI is InChI=1S/C34H56N8O13/c1-24(2)29(32(46)40-27(4-3-10-37-34(35)49)31(45)39-26-7-5-25(6-8-26)30(44)33(47)48)41-28(43)9-12-50-14-16-52-18-20-54-22-23-55-21-19-53-17-15-51-13-11-38-42-36/h5-8,24,27,29-30,44H,3-4,9-23H2,1-2H3,(H,39,45)(H,40,46)(H,41,43)(H,47,48)(H3,35,37,49)/t27-,29-,30?/m0/s1. The second-order valence-corrected chi connectivity index (χ2v) is 12.0. The van der Waals surface area contributed by atoms with Gasteiger partial charge in [0, 0.05) is 30.1 Å². The van der Waals surface area contributed by atoms with E-state index in [1.165, 1.54) is 24.3 Å². The third kappa shape index (κ3) is 24.4. The van der Waals surface area contributed by atoms with Gasteiger partial charge < -0.3 is 65.6 Å². The lowest BCUT2D eigenvalue weighted by molar-refractivity contribution is -0.147. The van der Waals surface area contributed by atoms with Crippen LogP contribution in [0.25, 0.3) is 10.4 Å². The van der Waals surface area contributed by atoms with Crippen LogP contribution in [0.3, 0.4) is 0 Å². The van der Waals surface area contributed by atoms with E-state index in [1.54, 1.807) is 13.8 Å². The molecule has 8 N–H and O–H groups in total. The molecule has 0 aliphatic heterocycles. The van der Waals surface area contributed by atoms with Gasteiger partial charge >= 0.3 is 12.0 Å². The summed E-state index contributed by atoms with van der Waals surface area (Å²) >= 11 is 0. The van der Waals surface area contributed by atoms with Crippen molar-refractivity contribution in [1.82, 2.24) is 16.0 Å². The summed E-state index contributed by atoms with van der Waals surface area (Å²) in [5.41, 5.74) is 13.7. The Labute approximate surface area is 319 Å². The number of carboxylic acids is 1. The molecule has 0 aliphatic rings. The van der Waals surface area contributed by atoms with E-state index in [0.717, 1.165) is 0 Å². The van der Waals surface area contributed by atoms with Crippen LogP contribution in [0.5, 0.6) is 0 Å². The zero-order valence-electron chi connectivity index (χ0n) is 31.4. The van der Waals surface area contributed by atoms with Gasteiger partial charge in [0.25, 0.3) is 0 Å². The molecule has 0 saturated heterocycles. The molecule has 0 bridgehead atoms. The largest absolute Gasteiger partial charge is 0.479 e. The number of carbonyl (C=O) groups is 5. The molecule has 0 aromatic heterocycles. The van der Waals surface area contributed by atoms with Crippen LogP contribution in [0.15, 0.2) is 29.4 Å². The maximum Gasteiger partial charge on any atom is 0.337 e. The van der Waals surface area contributed by atoms with E-state index < -0.39 is 47.9 Å². The van der Waals surface area contributed by atoms with E-state index in [2.05, 4.69) is 31.3 Å². The summed E-state index contributed by atoms with van der Waals surface area (Å²) < 4.78 is 32.3. The number of nitrogens with two attached hydrogens (primary N) is 1. The molecule has 21 heteroatoms. The lowest BCUT2D eigenvalue weighted by Gasteiger charge is -2.25. The number of hydrogen-bond donors (Lipinski definition) is 7. The Balaban J connectivity index is 2.35. The van der Waals surface area contributed by atoms with Crippen LogP contribution in [0.4, 0.5) is 10.5 Å². The van der Waals surface area contributed by atoms with Crippen LogP contribution in [0, 0.1) is 5.92 Å². The summed E-state index contributed by atoms with van der Waals surface area (Å²) in [5, 5.41) is 32.5. The Morgan fingerprint density at radius 3 is 1.76 bits per heavy atom. The number of ether oxygens (including phenoxy) is 6. The number of hydrogen-bond acceptors (Lipinski definition) is 13. The van der Waals surface area contributed by atoms with Crippen molar-refractivity contribution < 1.29 is 62.6 Å². The van der Waals surface area contributed by atoms with Crippen molar-refractivity contribution >= 4 is 35.4 Å². The van der Waals surface area contributed by atoms with Crippen molar-refractivity contribution in [2.75, 3.05) is 97.7 Å². The van der Waals surface area contributed by atoms with Crippen molar-refractivity contribution in [2.45, 2.75) is 51.3 Å². The summed E-state index contributed by atoms with van der Waals surface area (Å²) in [6.07, 6.45) is -1.35. The Bertz CT molecular complexity index is 1320. The number of benzene rings is 1. The van der Waals surface area contributed by atoms with Gasteiger partial charge in [0.15, 0.2) is 6.10 Å². The molecule has 0 spiro atoms. The summed E-state index contributed by atoms with van der Waals surface area (Å²) in [6, 6.07) is 2.72. The average Bonchev–Trinajstić information content (AvgIpc) is 3.15. The second-order valence-electron chi connectivity index (χ2n) is 12.0. The molecule has 1 aromatic carbocycles. The number of rotatable bonds is 33. The minimum atomic E-state index is -1.73. The Morgan fingerprint density at radius 1 is 0.782 bits per heavy atom. The fraction of sp³-hybridized carbons (Fsp3) is 0.676. The molecule has 0 heterocycles. The van der Waals surface area contributed by atoms with E-state index in [0.29, 0.717) is 59.5 Å². The lowest BCUT2D eigenvalue weighted by atomic mass is 10.0. The van der Waals surface area contributed by atoms with Gasteiger partial charge in [0.1, 0.15) is 12.1 Å². The topological polar surface area (TPSA) is 304 Å². The summed E-state index contributed by atoms with van der Waals surface area (Å²) in [4.78, 5) is 63.9. The SMILES string of the molecule is CC(C)[C@H](NC(=O)CCOCCOCCOCCOCCOCCOCCN=[N+]=[N-])C(=O)N[C@@H](CCCNC(N)=O)C(=O)Nc1ccc(C(O)C(=O)O)cc1. The number of azide groups is 1. The van der Waals surface area contributed by atoms with Crippen molar-refractivity contribution in [3.8, 4) is 0 Å². The molecule has 21 nitrogen and oxygen atoms in total. The second kappa shape index (κ2) is 30.7. The monoisotopic (exact) mass is 784 g/mol. The maximum atomic E-state index is 13.3. The van der Waals surface area contributed by atoms with Gasteiger partial charge in [-0.15, -0.1) is 0 Å². The van der Waals surface area contributed by atoms with Gasteiger partial charge in [-0.1, -0.05) is 31.1 Å². The van der Waals surface area contributed by atoms with Crippen molar-refractivity contribution in [1.29, 1.82) is 0 Å². The fourth-order valence-corrected chi connectivity index (χ4v) is 4.47. The summed E-state index contributed by atoms with van der Waals surface area (Å²) in [6.45, 7) is 8.07. The first kappa shape index (κ1) is 48.4. The highest BCUT2D eigenvalue weighted by molar-refractivity contribution is 5.98. The number of carboxylic acid groups (broad SMARTS) is 1. The normalized spacial score (nSPS) is 12.6. The fourth-order valence-electron chi connectivity index (χ4n) is 4.47. The maximum absolute atomic E-state index is 13.3. The van der Waals surface area contributed by atoms with E-state index >= 15 is 0 Å². The number of primary amides is 1. The number of urea groups is 1. The van der Waals surface area contributed by atoms with E-state index in [9.17, 15) is 29.1 Å². The van der Waals surface area contributed by atoms with E-state index in [-0.39, 0.29) is 69.3 Å². The molecule has 0 aliphatic carbocycles. The zero-order chi connectivity index (χ0) is 40.7. The number of carbonyl (C=O) groups excluding carboxylic acids is 4. The molecule has 55 heavy (non-hydrogen) atoms. The Hall–Kier alpha value is -4.60. The average molecular weight is 785 g/mol. The molecular weight excluding hydrogens is 728 g/mol. The van der Waals surface area contributed by atoms with E-state index in [4.69, 9.17) is 44.8 Å². The van der Waals surface area contributed by atoms with Crippen LogP contribution < -0.4 is 27.0 Å². The van der Waals surface area contributed by atoms with Gasteiger partial charge in [-0.3, -0.25) is 14.4 Å². The molecule has 3 atom stereocenters. The molecule has 0 saturated carbocycles. The first-order chi connectivity index (χ1) is 26.5. The number of aliphatic carboxylic acids is 1. The highest BCUT2D eigenvalue weighted by Crippen LogP contribution is 2.17. The van der Waals surface area contributed by atoms with Crippen molar-refractivity contribution in [3.63, 3.8) is 0 Å². The zero-order valence-corrected chi connectivity index (χ0v) is 31.4. The third-order valence-electron chi connectivity index (χ3n) is 7.33. The minimum Gasteiger partial charge on any atom is -0.479 e. The number of nitrogens with zero attached hydrogens (tertiary/aromatic N) is 3. The minimum absolute atomic E-state index is 0.0213. The Kier molecular flexibility index (Phi) is 27.0. The van der Waals surface area contributed by atoms with Gasteiger partial charge in [-0.05, 0) is 42.0 Å². The highest BCUT2D eigenvalue weighted by Gasteiger charge is 2.29. The van der Waals surface area contributed by atoms with Crippen LogP contribution in [0.2, 0.25) is 0 Å². The molecule has 5 amide bonds. The summed E-state index contributed by atoms with van der Waals surface area (Å²) in [5.74, 6) is -3.39. The number of anilines is 1. The quantitative estimate of drug-likeness (QED) is 0.0223. The molecule has 1 unspecified atom stereocenters. The van der Waals surface area contributed by atoms with Crippen LogP contribution >= 0.6 is 0 Å². The predicted molar refractivity (Wildman–Crippen MR) is 197 cm³/mol. The molecule has 1 rings (SSSR count). The van der Waals surface area contributed by atoms with Crippen LogP contribution in [-0.4, -0.2) is 144 Å². The van der Waals surface area contributed by atoms with Crippen LogP contribution in [0.1, 0.15) is 44.8 Å². The first-order valence-electron chi connectivity index (χ1n) is 17.9. The molecule has 1 aromatic rings. The highest BCUT2D eigenvalue weighted by atomic mass is 16.6. The Morgan fingerprint density at radius 2 is 1.29 bits per heavy atom. The molecular formula is C34H56N8O13. The van der Waals surface area contributed by atoms with Gasteiger partial charge in [0.05, 0.1) is 79.3 Å². The third-order valence-corrected chi connectivity index (χ3v) is 7.33. The van der Waals surface area contributed by atoms with Crippen LogP contribution in [-0.2, 0) is 47.6 Å². The molecule has 0 fully saturated rings. The number of amides is 5. The first-order valence-corrected chi connectivity index (χ1v) is 17.9. The van der Waals surface area contributed by atoms with Gasteiger partial charge in [-0.25, -0.2) is 9.59 Å². The van der Waals surface area contributed by atoms with Gasteiger partial charge in [0.2, 0.25) is 17.7 Å². The summed E-state index contributed by atoms with van der Waals surface area (Å²) in [7, 11) is 0. The molecule has 0 radical (unpaired) electrons. The van der Waals surface area contributed by atoms with Gasteiger partial charge in [-0.2, -0.15) is 0 Å². The predicted octanol–water partition coefficient (Wildman–Crippen LogP) is 0.617. The smallest absolute Gasteiger partial charge is 0.337 e. The number of aliphatic hydroxyl groups is 1. The number of nitrogens with one attached hydrogen (secondary N) is 4. The lowest BCUT2D eigenvalue weighted by Crippen LogP contribution is -2.54. The number of aliphatic hydroxyl groups excluding tert-OH is 1. The van der Waals surface area contributed by atoms with E-state index in [1.807, 2.05) is 0 Å².